The van der Waals surface area contributed by atoms with Gasteiger partial charge in [0.25, 0.3) is 0 Å². The third kappa shape index (κ3) is 30.2. The molecule has 4 heteroatoms. The molecule has 0 spiro atoms. The Hall–Kier alpha value is -1.84. The van der Waals surface area contributed by atoms with Crippen LogP contribution in [0.3, 0.4) is 0 Å². The maximum Gasteiger partial charge on any atom is 0.220 e. The molecule has 0 atom stereocenters. The van der Waals surface area contributed by atoms with E-state index >= 15 is 0 Å². The molecule has 48 heavy (non-hydrogen) atoms. The summed E-state index contributed by atoms with van der Waals surface area (Å²) in [5, 5.41) is 6.17. The number of benzene rings is 1. The van der Waals surface area contributed by atoms with Gasteiger partial charge in [0, 0.05) is 25.9 Å². The van der Waals surface area contributed by atoms with Gasteiger partial charge in [0.1, 0.15) is 0 Å². The van der Waals surface area contributed by atoms with Crippen LogP contribution in [0.15, 0.2) is 24.3 Å². The quantitative estimate of drug-likeness (QED) is 0.0699. The molecule has 1 aromatic rings. The summed E-state index contributed by atoms with van der Waals surface area (Å²) in [5.74, 6) is 0.291. The average molecular weight is 669 g/mol. The van der Waals surface area contributed by atoms with Crippen LogP contribution >= 0.6 is 0 Å². The van der Waals surface area contributed by atoms with E-state index in [0.29, 0.717) is 25.9 Å². The van der Waals surface area contributed by atoms with Crippen LogP contribution in [0.2, 0.25) is 0 Å². The topological polar surface area (TPSA) is 58.2 Å². The Balaban J connectivity index is 1.94. The van der Waals surface area contributed by atoms with Gasteiger partial charge in [-0.15, -0.1) is 0 Å². The van der Waals surface area contributed by atoms with Gasteiger partial charge in [0.2, 0.25) is 11.8 Å². The average Bonchev–Trinajstić information content (AvgIpc) is 3.10. The largest absolute Gasteiger partial charge is 0.352 e. The molecule has 1 aromatic carbocycles. The Morgan fingerprint density at radius 1 is 0.396 bits per heavy atom. The van der Waals surface area contributed by atoms with Crippen LogP contribution in [-0.4, -0.2) is 11.8 Å². The molecule has 0 aliphatic heterocycles. The smallest absolute Gasteiger partial charge is 0.220 e. The normalized spacial score (nSPS) is 11.2. The second kappa shape index (κ2) is 35.0. The molecule has 2 N–H and O–H groups in total. The highest BCUT2D eigenvalue weighted by molar-refractivity contribution is 5.76. The number of rotatable bonds is 36. The van der Waals surface area contributed by atoms with Crippen molar-refractivity contribution in [3.8, 4) is 0 Å². The lowest BCUT2D eigenvalue weighted by Gasteiger charge is -2.09. The van der Waals surface area contributed by atoms with E-state index in [0.717, 1.165) is 36.8 Å². The van der Waals surface area contributed by atoms with Crippen LogP contribution in [0.1, 0.15) is 230 Å². The second-order valence-corrected chi connectivity index (χ2v) is 14.8. The molecule has 0 unspecified atom stereocenters. The molecular weight excluding hydrogens is 588 g/mol. The minimum absolute atomic E-state index is 0.145. The first-order valence-electron chi connectivity index (χ1n) is 21.3. The molecule has 0 saturated heterocycles. The molecular formula is C44H80N2O2. The highest BCUT2D eigenvalue weighted by Crippen LogP contribution is 2.15. The molecule has 0 bridgehead atoms. The maximum absolute atomic E-state index is 12.4. The first-order chi connectivity index (χ1) is 23.7. The summed E-state index contributed by atoms with van der Waals surface area (Å²) in [6, 6.07) is 8.22. The van der Waals surface area contributed by atoms with Crippen LogP contribution in [-0.2, 0) is 22.7 Å². The zero-order valence-electron chi connectivity index (χ0n) is 32.2. The van der Waals surface area contributed by atoms with Gasteiger partial charge >= 0.3 is 0 Å². The predicted molar refractivity (Wildman–Crippen MR) is 209 cm³/mol. The van der Waals surface area contributed by atoms with Crippen molar-refractivity contribution < 1.29 is 9.59 Å². The van der Waals surface area contributed by atoms with Gasteiger partial charge < -0.3 is 10.6 Å². The fourth-order valence-electron chi connectivity index (χ4n) is 6.74. The van der Waals surface area contributed by atoms with Crippen molar-refractivity contribution in [1.29, 1.82) is 0 Å². The van der Waals surface area contributed by atoms with Gasteiger partial charge in [-0.25, -0.2) is 0 Å². The summed E-state index contributed by atoms with van der Waals surface area (Å²) < 4.78 is 0. The van der Waals surface area contributed by atoms with E-state index in [9.17, 15) is 9.59 Å². The molecule has 0 aromatic heterocycles. The van der Waals surface area contributed by atoms with Gasteiger partial charge in [-0.3, -0.25) is 9.59 Å². The van der Waals surface area contributed by atoms with Gasteiger partial charge in [0.05, 0.1) is 0 Å². The lowest BCUT2D eigenvalue weighted by Crippen LogP contribution is -2.23. The summed E-state index contributed by atoms with van der Waals surface area (Å²) in [4.78, 5) is 24.7. The molecule has 1 rings (SSSR count). The number of hydrogen-bond acceptors (Lipinski definition) is 2. The minimum Gasteiger partial charge on any atom is -0.352 e. The lowest BCUT2D eigenvalue weighted by molar-refractivity contribution is -0.122. The van der Waals surface area contributed by atoms with E-state index in [1.807, 2.05) is 6.07 Å². The van der Waals surface area contributed by atoms with Crippen molar-refractivity contribution in [2.45, 2.75) is 232 Å². The molecule has 0 aliphatic carbocycles. The van der Waals surface area contributed by atoms with Crippen molar-refractivity contribution in [2.24, 2.45) is 0 Å². The van der Waals surface area contributed by atoms with E-state index in [-0.39, 0.29) is 11.8 Å². The van der Waals surface area contributed by atoms with Crippen molar-refractivity contribution in [3.63, 3.8) is 0 Å². The number of unbranched alkanes of at least 4 members (excludes halogenated alkanes) is 28. The maximum atomic E-state index is 12.4. The summed E-state index contributed by atoms with van der Waals surface area (Å²) in [5.41, 5.74) is 2.18. The van der Waals surface area contributed by atoms with Crippen LogP contribution < -0.4 is 10.6 Å². The molecule has 0 radical (unpaired) electrons. The second-order valence-electron chi connectivity index (χ2n) is 14.8. The van der Waals surface area contributed by atoms with E-state index in [1.54, 1.807) is 0 Å². The van der Waals surface area contributed by atoms with E-state index in [1.165, 1.54) is 167 Å². The van der Waals surface area contributed by atoms with E-state index < -0.39 is 0 Å². The zero-order chi connectivity index (χ0) is 34.6. The Morgan fingerprint density at radius 3 is 0.917 bits per heavy atom. The van der Waals surface area contributed by atoms with E-state index in [4.69, 9.17) is 0 Å². The summed E-state index contributed by atoms with van der Waals surface area (Å²) >= 11 is 0. The van der Waals surface area contributed by atoms with E-state index in [2.05, 4.69) is 42.7 Å². The Kier molecular flexibility index (Phi) is 32.2. The first kappa shape index (κ1) is 44.2. The molecule has 0 fully saturated rings. The monoisotopic (exact) mass is 669 g/mol. The van der Waals surface area contributed by atoms with Crippen LogP contribution in [0.5, 0.6) is 0 Å². The first-order valence-corrected chi connectivity index (χ1v) is 21.3. The van der Waals surface area contributed by atoms with Crippen LogP contribution in [0, 0.1) is 0 Å². The molecule has 0 aliphatic rings. The third-order valence-electron chi connectivity index (χ3n) is 9.99. The summed E-state index contributed by atoms with van der Waals surface area (Å²) in [7, 11) is 0. The molecule has 0 heterocycles. The highest BCUT2D eigenvalue weighted by Gasteiger charge is 2.05. The molecule has 2 amide bonds. The van der Waals surface area contributed by atoms with Crippen molar-refractivity contribution >= 4 is 11.8 Å². The van der Waals surface area contributed by atoms with Crippen molar-refractivity contribution in [3.05, 3.63) is 35.4 Å². The standard InChI is InChI=1S/C44H80N2O2/c1-3-5-7-9-11-13-15-17-19-21-23-25-27-29-31-36-43(47)45-39-41-34-33-35-42(38-41)40-46-44(48)37-32-30-28-26-24-22-20-18-16-14-12-10-8-6-4-2/h33-35,38H,3-32,36-37,39-40H2,1-2H3,(H,45,47)(H,46,48). The van der Waals surface area contributed by atoms with Gasteiger partial charge in [-0.2, -0.15) is 0 Å². The number of hydrogen-bond donors (Lipinski definition) is 2. The fraction of sp³-hybridized carbons (Fsp3) is 0.818. The number of amides is 2. The van der Waals surface area contributed by atoms with Crippen LogP contribution in [0.4, 0.5) is 0 Å². The van der Waals surface area contributed by atoms with Crippen molar-refractivity contribution in [1.82, 2.24) is 10.6 Å². The highest BCUT2D eigenvalue weighted by atomic mass is 16.2. The molecule has 4 nitrogen and oxygen atoms in total. The van der Waals surface area contributed by atoms with Crippen molar-refractivity contribution in [2.75, 3.05) is 0 Å². The third-order valence-corrected chi connectivity index (χ3v) is 9.99. The predicted octanol–water partition coefficient (Wildman–Crippen LogP) is 13.4. The molecule has 0 saturated carbocycles. The summed E-state index contributed by atoms with van der Waals surface area (Å²) in [6.07, 6.45) is 41.4. The SMILES string of the molecule is CCCCCCCCCCCCCCCCCC(=O)NCc1cccc(CNC(=O)CCCCCCCCCCCCCCCCC)c1. The molecule has 278 valence electrons. The fourth-order valence-corrected chi connectivity index (χ4v) is 6.74. The van der Waals surface area contributed by atoms with Gasteiger partial charge in [-0.05, 0) is 24.0 Å². The Bertz CT molecular complexity index is 789. The minimum atomic E-state index is 0.145. The number of nitrogens with one attached hydrogen (secondary N) is 2. The number of carbonyl (C=O) groups excluding carboxylic acids is 2. The summed E-state index contributed by atoms with van der Waals surface area (Å²) in [6.45, 7) is 5.67. The zero-order valence-corrected chi connectivity index (χ0v) is 32.2. The van der Waals surface area contributed by atoms with Gasteiger partial charge in [-0.1, -0.05) is 218 Å². The Morgan fingerprint density at radius 2 is 0.646 bits per heavy atom. The van der Waals surface area contributed by atoms with Crippen LogP contribution in [0.25, 0.3) is 0 Å². The van der Waals surface area contributed by atoms with Gasteiger partial charge in [0.15, 0.2) is 0 Å². The lowest BCUT2D eigenvalue weighted by atomic mass is 10.0. The number of carbonyl (C=O) groups is 2. The Labute approximate surface area is 299 Å².